The predicted octanol–water partition coefficient (Wildman–Crippen LogP) is 2.39. The molecule has 0 saturated heterocycles. The van der Waals surface area contributed by atoms with Gasteiger partial charge >= 0.3 is 0 Å². The summed E-state index contributed by atoms with van der Waals surface area (Å²) in [6.07, 6.45) is 1.76. The maximum atomic E-state index is 12.0. The van der Waals surface area contributed by atoms with E-state index in [-0.39, 0.29) is 11.8 Å². The number of hydrogen-bond acceptors (Lipinski definition) is 4. The molecular formula is C12H13NO3S2. The van der Waals surface area contributed by atoms with Crippen molar-refractivity contribution in [1.82, 2.24) is 4.31 Å². The molecule has 0 spiro atoms. The van der Waals surface area contributed by atoms with Crippen molar-refractivity contribution in [2.24, 2.45) is 0 Å². The average molecular weight is 283 g/mol. The van der Waals surface area contributed by atoms with Crippen molar-refractivity contribution in [2.75, 3.05) is 5.75 Å². The zero-order valence-corrected chi connectivity index (χ0v) is 11.6. The van der Waals surface area contributed by atoms with Gasteiger partial charge in [-0.25, -0.2) is 8.51 Å². The minimum Gasteiger partial charge on any atom is -0.268 e. The molecule has 2 amide bonds. The molecule has 1 aromatic carbocycles. The zero-order valence-electron chi connectivity index (χ0n) is 9.92. The van der Waals surface area contributed by atoms with E-state index in [1.54, 1.807) is 24.3 Å². The van der Waals surface area contributed by atoms with E-state index in [2.05, 4.69) is 0 Å². The summed E-state index contributed by atoms with van der Waals surface area (Å²) in [4.78, 5) is 23.9. The van der Waals surface area contributed by atoms with Crippen LogP contribution in [0.25, 0.3) is 0 Å². The molecule has 0 N–H and O–H groups in total. The Morgan fingerprint density at radius 3 is 2.22 bits per heavy atom. The summed E-state index contributed by atoms with van der Waals surface area (Å²) in [5.74, 6) is -0.245. The van der Waals surface area contributed by atoms with Gasteiger partial charge in [0, 0.05) is 5.75 Å². The molecule has 0 aliphatic carbocycles. The standard InChI is InChI=1S/C12H13NO3S2/c1-2-3-8-18(16)17-13-11(14)9-6-4-5-7-10(9)12(13)15/h4-7H,2-3,8H2,1H3. The maximum absolute atomic E-state index is 12.0. The first-order valence-corrected chi connectivity index (χ1v) is 8.30. The molecule has 96 valence electrons. The summed E-state index contributed by atoms with van der Waals surface area (Å²) in [7, 11) is -0.412. The van der Waals surface area contributed by atoms with Gasteiger partial charge in [0.1, 0.15) is 9.83 Å². The minimum atomic E-state index is -1.24. The molecular weight excluding hydrogens is 270 g/mol. The fraction of sp³-hybridized carbons (Fsp3) is 0.333. The molecule has 0 bridgehead atoms. The van der Waals surface area contributed by atoms with Crippen LogP contribution in [0.3, 0.4) is 0 Å². The van der Waals surface area contributed by atoms with E-state index in [1.807, 2.05) is 6.92 Å². The lowest BCUT2D eigenvalue weighted by molar-refractivity contribution is 0.0778. The van der Waals surface area contributed by atoms with Crippen molar-refractivity contribution >= 4 is 32.6 Å². The van der Waals surface area contributed by atoms with Crippen molar-refractivity contribution in [3.05, 3.63) is 35.4 Å². The summed E-state index contributed by atoms with van der Waals surface area (Å²) in [6, 6.07) is 6.66. The molecule has 18 heavy (non-hydrogen) atoms. The van der Waals surface area contributed by atoms with Crippen LogP contribution in [-0.2, 0) is 9.83 Å². The number of fused-ring (bicyclic) bond motifs is 1. The Hall–Kier alpha value is -1.14. The van der Waals surface area contributed by atoms with E-state index in [9.17, 15) is 13.8 Å². The number of carbonyl (C=O) groups is 2. The summed E-state index contributed by atoms with van der Waals surface area (Å²) >= 11 is 0. The summed E-state index contributed by atoms with van der Waals surface area (Å²) in [5.41, 5.74) is 0.782. The molecule has 2 rings (SSSR count). The molecule has 1 aliphatic heterocycles. The first kappa shape index (κ1) is 13.3. The first-order chi connectivity index (χ1) is 8.65. The monoisotopic (exact) mass is 283 g/mol. The molecule has 0 radical (unpaired) electrons. The summed E-state index contributed by atoms with van der Waals surface area (Å²) in [5, 5.41) is 0. The second kappa shape index (κ2) is 5.67. The van der Waals surface area contributed by atoms with Crippen LogP contribution in [-0.4, -0.2) is 26.1 Å². The van der Waals surface area contributed by atoms with Crippen LogP contribution in [0, 0.1) is 0 Å². The van der Waals surface area contributed by atoms with Crippen molar-refractivity contribution in [1.29, 1.82) is 0 Å². The Kier molecular flexibility index (Phi) is 4.19. The third-order valence-corrected chi connectivity index (χ3v) is 5.29. The van der Waals surface area contributed by atoms with Crippen LogP contribution < -0.4 is 0 Å². The van der Waals surface area contributed by atoms with Gasteiger partial charge in [-0.2, -0.15) is 0 Å². The fourth-order valence-corrected chi connectivity index (χ4v) is 4.20. The molecule has 1 aliphatic rings. The molecule has 1 atom stereocenters. The molecule has 6 heteroatoms. The van der Waals surface area contributed by atoms with E-state index in [0.29, 0.717) is 16.9 Å². The van der Waals surface area contributed by atoms with Gasteiger partial charge in [0.05, 0.1) is 22.1 Å². The number of unbranched alkanes of at least 4 members (excludes halogenated alkanes) is 1. The number of benzene rings is 1. The van der Waals surface area contributed by atoms with E-state index in [0.717, 1.165) is 28.1 Å². The van der Waals surface area contributed by atoms with Crippen LogP contribution in [0.15, 0.2) is 24.3 Å². The highest BCUT2D eigenvalue weighted by Crippen LogP contribution is 2.30. The van der Waals surface area contributed by atoms with Crippen LogP contribution in [0.4, 0.5) is 0 Å². The normalized spacial score (nSPS) is 15.9. The van der Waals surface area contributed by atoms with Gasteiger partial charge < -0.3 is 0 Å². The predicted molar refractivity (Wildman–Crippen MR) is 72.5 cm³/mol. The van der Waals surface area contributed by atoms with Crippen molar-refractivity contribution < 1.29 is 13.8 Å². The van der Waals surface area contributed by atoms with Gasteiger partial charge in [0.2, 0.25) is 0 Å². The quantitative estimate of drug-likeness (QED) is 0.473. The minimum absolute atomic E-state index is 0.370. The molecule has 1 unspecified atom stereocenters. The van der Waals surface area contributed by atoms with Gasteiger partial charge in [-0.3, -0.25) is 9.59 Å². The third kappa shape index (κ3) is 2.49. The lowest BCUT2D eigenvalue weighted by Crippen LogP contribution is -2.23. The smallest absolute Gasteiger partial charge is 0.268 e. The van der Waals surface area contributed by atoms with Crippen LogP contribution >= 0.6 is 11.0 Å². The highest BCUT2D eigenvalue weighted by atomic mass is 33.1. The Morgan fingerprint density at radius 2 is 1.72 bits per heavy atom. The van der Waals surface area contributed by atoms with Gasteiger partial charge in [-0.15, -0.1) is 0 Å². The fourth-order valence-electron chi connectivity index (χ4n) is 1.62. The van der Waals surface area contributed by atoms with Crippen molar-refractivity contribution in [3.8, 4) is 0 Å². The largest absolute Gasteiger partial charge is 0.272 e. The number of rotatable bonds is 5. The molecule has 1 aromatic rings. The van der Waals surface area contributed by atoms with E-state index in [4.69, 9.17) is 0 Å². The van der Waals surface area contributed by atoms with Crippen LogP contribution in [0.5, 0.6) is 0 Å². The lowest BCUT2D eigenvalue weighted by Gasteiger charge is -2.10. The van der Waals surface area contributed by atoms with Gasteiger partial charge in [0.25, 0.3) is 11.8 Å². The highest BCUT2D eigenvalue weighted by molar-refractivity contribution is 8.68. The number of amides is 2. The van der Waals surface area contributed by atoms with Gasteiger partial charge in [-0.1, -0.05) is 25.5 Å². The van der Waals surface area contributed by atoms with Crippen molar-refractivity contribution in [3.63, 3.8) is 0 Å². The van der Waals surface area contributed by atoms with Gasteiger partial charge in [0.15, 0.2) is 0 Å². The number of hydrogen-bond donors (Lipinski definition) is 0. The van der Waals surface area contributed by atoms with Crippen LogP contribution in [0.2, 0.25) is 0 Å². The lowest BCUT2D eigenvalue weighted by atomic mass is 10.1. The maximum Gasteiger partial charge on any atom is 0.272 e. The topological polar surface area (TPSA) is 54.5 Å². The Balaban J connectivity index is 2.11. The van der Waals surface area contributed by atoms with E-state index in [1.165, 1.54) is 0 Å². The van der Waals surface area contributed by atoms with Gasteiger partial charge in [-0.05, 0) is 18.6 Å². The summed E-state index contributed by atoms with van der Waals surface area (Å²) < 4.78 is 12.7. The number of nitrogens with zero attached hydrogens (tertiary/aromatic N) is 1. The summed E-state index contributed by atoms with van der Waals surface area (Å²) in [6.45, 7) is 2.00. The third-order valence-electron chi connectivity index (χ3n) is 2.58. The molecule has 1 heterocycles. The molecule has 0 fully saturated rings. The number of imide groups is 1. The first-order valence-electron chi connectivity index (χ1n) is 5.69. The molecule has 0 aromatic heterocycles. The second-order valence-electron chi connectivity index (χ2n) is 3.89. The molecule has 4 nitrogen and oxygen atoms in total. The molecule has 0 saturated carbocycles. The van der Waals surface area contributed by atoms with Crippen LogP contribution in [0.1, 0.15) is 40.5 Å². The Labute approximate surface area is 112 Å². The van der Waals surface area contributed by atoms with E-state index < -0.39 is 9.83 Å². The zero-order chi connectivity index (χ0) is 13.1. The average Bonchev–Trinajstić information content (AvgIpc) is 2.62. The highest BCUT2D eigenvalue weighted by Gasteiger charge is 2.37. The second-order valence-corrected chi connectivity index (χ2v) is 6.98. The Morgan fingerprint density at radius 1 is 1.17 bits per heavy atom. The SMILES string of the molecule is CCCCS(=O)SN1C(=O)c2ccccc2C1=O. The Bertz CT molecular complexity index is 481. The van der Waals surface area contributed by atoms with E-state index >= 15 is 0 Å². The van der Waals surface area contributed by atoms with Crippen molar-refractivity contribution in [2.45, 2.75) is 19.8 Å². The number of carbonyl (C=O) groups excluding carboxylic acids is 2.